The number of hydrogen-bond donors (Lipinski definition) is 2. The largest absolute Gasteiger partial charge is 0.497 e. The first-order valence-corrected chi connectivity index (χ1v) is 14.4. The fourth-order valence-corrected chi connectivity index (χ4v) is 5.29. The molecular formula is C29H33N5O6S. The standard InChI is InChI=1S/C29H33N5O6S/c1-32(2)16-15-31-41(38,39)24-12-7-21(8-13-24)19-34-28(36)25-17-22(9-14-26(25)33(3)29(34)37)27(35)30-18-20-5-10-23(40-4)11-6-20/h5-14,17,31H,15-16,18-19H2,1-4H3,(H,30,35). The van der Waals surface area contributed by atoms with E-state index in [1.165, 1.54) is 22.8 Å². The van der Waals surface area contributed by atoms with E-state index >= 15 is 0 Å². The molecular weight excluding hydrogens is 546 g/mol. The zero-order valence-electron chi connectivity index (χ0n) is 23.4. The van der Waals surface area contributed by atoms with Crippen molar-refractivity contribution in [2.24, 2.45) is 7.05 Å². The van der Waals surface area contributed by atoms with Crippen molar-refractivity contribution >= 4 is 26.8 Å². The van der Waals surface area contributed by atoms with Gasteiger partial charge in [0.25, 0.3) is 11.5 Å². The van der Waals surface area contributed by atoms with Crippen LogP contribution in [0.2, 0.25) is 0 Å². The van der Waals surface area contributed by atoms with Crippen LogP contribution in [0.15, 0.2) is 81.2 Å². The lowest BCUT2D eigenvalue weighted by Crippen LogP contribution is -2.39. The highest BCUT2D eigenvalue weighted by atomic mass is 32.2. The summed E-state index contributed by atoms with van der Waals surface area (Å²) < 4.78 is 35.2. The van der Waals surface area contributed by atoms with Crippen LogP contribution in [0.3, 0.4) is 0 Å². The number of carbonyl (C=O) groups is 1. The highest BCUT2D eigenvalue weighted by molar-refractivity contribution is 7.89. The maximum atomic E-state index is 13.4. The number of nitrogens with zero attached hydrogens (tertiary/aromatic N) is 3. The number of aromatic nitrogens is 2. The Hall–Kier alpha value is -4.26. The van der Waals surface area contributed by atoms with Crippen LogP contribution in [0.25, 0.3) is 10.9 Å². The average molecular weight is 580 g/mol. The molecule has 0 fully saturated rings. The van der Waals surface area contributed by atoms with Gasteiger partial charge in [0.15, 0.2) is 0 Å². The van der Waals surface area contributed by atoms with E-state index < -0.39 is 21.3 Å². The molecule has 3 aromatic carbocycles. The number of carbonyl (C=O) groups excluding carboxylic acids is 1. The molecule has 41 heavy (non-hydrogen) atoms. The molecule has 0 unspecified atom stereocenters. The molecule has 1 amide bonds. The third-order valence-corrected chi connectivity index (χ3v) is 8.13. The lowest BCUT2D eigenvalue weighted by molar-refractivity contribution is 0.0951. The number of sulfonamides is 1. The Morgan fingerprint density at radius 3 is 2.24 bits per heavy atom. The first kappa shape index (κ1) is 29.7. The van der Waals surface area contributed by atoms with Gasteiger partial charge in [0.2, 0.25) is 10.0 Å². The summed E-state index contributed by atoms with van der Waals surface area (Å²) in [6.45, 7) is 1.04. The number of fused-ring (bicyclic) bond motifs is 1. The van der Waals surface area contributed by atoms with Crippen LogP contribution >= 0.6 is 0 Å². The molecule has 0 radical (unpaired) electrons. The lowest BCUT2D eigenvalue weighted by Gasteiger charge is -2.13. The van der Waals surface area contributed by atoms with Crippen LogP contribution in [0.4, 0.5) is 0 Å². The Morgan fingerprint density at radius 2 is 1.61 bits per heavy atom. The summed E-state index contributed by atoms with van der Waals surface area (Å²) in [7, 11) is 3.14. The Kier molecular flexibility index (Phi) is 9.06. The van der Waals surface area contributed by atoms with Crippen LogP contribution < -0.4 is 26.0 Å². The molecule has 2 N–H and O–H groups in total. The SMILES string of the molecule is COc1ccc(CNC(=O)c2ccc3c(c2)c(=O)n(Cc2ccc(S(=O)(=O)NCCN(C)C)cc2)c(=O)n3C)cc1. The molecule has 1 heterocycles. The van der Waals surface area contributed by atoms with Gasteiger partial charge in [-0.3, -0.25) is 18.7 Å². The minimum absolute atomic E-state index is 0.0657. The number of rotatable bonds is 11. The van der Waals surface area contributed by atoms with Crippen LogP contribution in [0.5, 0.6) is 5.75 Å². The lowest BCUT2D eigenvalue weighted by atomic mass is 10.1. The number of nitrogens with one attached hydrogen (secondary N) is 2. The number of amides is 1. The van der Waals surface area contributed by atoms with Crippen molar-refractivity contribution in [3.8, 4) is 5.75 Å². The molecule has 216 valence electrons. The van der Waals surface area contributed by atoms with Gasteiger partial charge < -0.3 is 15.0 Å². The molecule has 12 heteroatoms. The predicted molar refractivity (Wildman–Crippen MR) is 157 cm³/mol. The van der Waals surface area contributed by atoms with E-state index in [9.17, 15) is 22.8 Å². The maximum Gasteiger partial charge on any atom is 0.331 e. The summed E-state index contributed by atoms with van der Waals surface area (Å²) in [4.78, 5) is 41.3. The summed E-state index contributed by atoms with van der Waals surface area (Å²) in [5, 5.41) is 3.06. The third-order valence-electron chi connectivity index (χ3n) is 6.65. The van der Waals surface area contributed by atoms with Gasteiger partial charge in [0.05, 0.1) is 29.5 Å². The summed E-state index contributed by atoms with van der Waals surface area (Å²) in [6, 6.07) is 17.9. The molecule has 0 aliphatic carbocycles. The number of aryl methyl sites for hydroxylation is 1. The Balaban J connectivity index is 1.56. The van der Waals surface area contributed by atoms with Gasteiger partial charge in [-0.15, -0.1) is 0 Å². The molecule has 1 aromatic heterocycles. The zero-order chi connectivity index (χ0) is 29.7. The van der Waals surface area contributed by atoms with Crippen LogP contribution in [-0.2, 0) is 30.2 Å². The number of hydrogen-bond acceptors (Lipinski definition) is 7. The van der Waals surface area contributed by atoms with Crippen molar-refractivity contribution in [1.29, 1.82) is 0 Å². The smallest absolute Gasteiger partial charge is 0.331 e. The molecule has 11 nitrogen and oxygen atoms in total. The van der Waals surface area contributed by atoms with Crippen LogP contribution in [0.1, 0.15) is 21.5 Å². The van der Waals surface area contributed by atoms with Gasteiger partial charge in [-0.2, -0.15) is 0 Å². The fourth-order valence-electron chi connectivity index (χ4n) is 4.27. The van der Waals surface area contributed by atoms with Crippen molar-refractivity contribution < 1.29 is 17.9 Å². The van der Waals surface area contributed by atoms with Gasteiger partial charge in [-0.25, -0.2) is 17.9 Å². The summed E-state index contributed by atoms with van der Waals surface area (Å²) in [6.07, 6.45) is 0. The van der Waals surface area contributed by atoms with Gasteiger partial charge in [-0.1, -0.05) is 24.3 Å². The second-order valence-electron chi connectivity index (χ2n) is 9.84. The van der Waals surface area contributed by atoms with Crippen LogP contribution in [-0.4, -0.2) is 62.7 Å². The number of likely N-dealkylation sites (N-methyl/N-ethyl adjacent to an activating group) is 1. The number of benzene rings is 3. The van der Waals surface area contributed by atoms with E-state index in [4.69, 9.17) is 4.74 Å². The minimum atomic E-state index is -3.69. The molecule has 0 bridgehead atoms. The summed E-state index contributed by atoms with van der Waals surface area (Å²) in [5.74, 6) is 0.351. The predicted octanol–water partition coefficient (Wildman–Crippen LogP) is 1.53. The van der Waals surface area contributed by atoms with E-state index in [0.717, 1.165) is 10.1 Å². The Morgan fingerprint density at radius 1 is 0.951 bits per heavy atom. The van der Waals surface area contributed by atoms with E-state index in [1.807, 2.05) is 31.1 Å². The Labute approximate surface area is 238 Å². The molecule has 0 spiro atoms. The zero-order valence-corrected chi connectivity index (χ0v) is 24.2. The first-order valence-electron chi connectivity index (χ1n) is 12.9. The molecule has 0 atom stereocenters. The van der Waals surface area contributed by atoms with E-state index in [2.05, 4.69) is 10.0 Å². The van der Waals surface area contributed by atoms with Crippen molar-refractivity contribution in [3.05, 3.63) is 104 Å². The first-order chi connectivity index (χ1) is 19.5. The van der Waals surface area contributed by atoms with Crippen molar-refractivity contribution in [2.45, 2.75) is 18.0 Å². The van der Waals surface area contributed by atoms with Crippen molar-refractivity contribution in [3.63, 3.8) is 0 Å². The third kappa shape index (κ3) is 6.91. The number of methoxy groups -OCH3 is 1. The van der Waals surface area contributed by atoms with Crippen molar-refractivity contribution in [1.82, 2.24) is 24.1 Å². The minimum Gasteiger partial charge on any atom is -0.497 e. The Bertz CT molecular complexity index is 1780. The molecule has 0 aliphatic heterocycles. The molecule has 4 rings (SSSR count). The molecule has 0 saturated carbocycles. The van der Waals surface area contributed by atoms with Gasteiger partial charge >= 0.3 is 5.69 Å². The van der Waals surface area contributed by atoms with Crippen molar-refractivity contribution in [2.75, 3.05) is 34.3 Å². The highest BCUT2D eigenvalue weighted by Crippen LogP contribution is 2.15. The highest BCUT2D eigenvalue weighted by Gasteiger charge is 2.16. The second-order valence-corrected chi connectivity index (χ2v) is 11.6. The summed E-state index contributed by atoms with van der Waals surface area (Å²) in [5.41, 5.74) is 1.06. The average Bonchev–Trinajstić information content (AvgIpc) is 2.97. The molecule has 4 aromatic rings. The summed E-state index contributed by atoms with van der Waals surface area (Å²) >= 11 is 0. The normalized spacial score (nSPS) is 11.6. The number of ether oxygens (including phenoxy) is 1. The van der Waals surface area contributed by atoms with Gasteiger partial charge in [0.1, 0.15) is 5.75 Å². The second kappa shape index (κ2) is 12.5. The van der Waals surface area contributed by atoms with Gasteiger partial charge in [0, 0.05) is 32.2 Å². The fraction of sp³-hybridized carbons (Fsp3) is 0.276. The molecule has 0 saturated heterocycles. The van der Waals surface area contributed by atoms with E-state index in [0.29, 0.717) is 23.4 Å². The maximum absolute atomic E-state index is 13.4. The van der Waals surface area contributed by atoms with Gasteiger partial charge in [-0.05, 0) is 67.7 Å². The monoisotopic (exact) mass is 579 g/mol. The topological polar surface area (TPSA) is 132 Å². The quantitative estimate of drug-likeness (QED) is 0.276. The van der Waals surface area contributed by atoms with E-state index in [-0.39, 0.29) is 41.4 Å². The molecule has 0 aliphatic rings. The van der Waals surface area contributed by atoms with E-state index in [1.54, 1.807) is 50.6 Å². The van der Waals surface area contributed by atoms with Crippen LogP contribution in [0, 0.1) is 0 Å².